The van der Waals surface area contributed by atoms with Crippen molar-refractivity contribution < 1.29 is 9.18 Å². The largest absolute Gasteiger partial charge is 0.341 e. The van der Waals surface area contributed by atoms with Crippen molar-refractivity contribution >= 4 is 5.91 Å². The number of nitrogens with zero attached hydrogens (tertiary/aromatic N) is 1. The van der Waals surface area contributed by atoms with Gasteiger partial charge in [0.15, 0.2) is 0 Å². The minimum atomic E-state index is -0.213. The number of hydrogen-bond acceptors (Lipinski definition) is 2. The first-order valence-corrected chi connectivity index (χ1v) is 7.97. The fourth-order valence-corrected chi connectivity index (χ4v) is 2.84. The molecule has 1 aromatic carbocycles. The Kier molecular flexibility index (Phi) is 6.18. The topological polar surface area (TPSA) is 32.3 Å². The first kappa shape index (κ1) is 16.0. The number of benzene rings is 1. The van der Waals surface area contributed by atoms with Crippen molar-refractivity contribution in [3.63, 3.8) is 0 Å². The molecule has 0 aromatic heterocycles. The lowest BCUT2D eigenvalue weighted by molar-refractivity contribution is -0.134. The van der Waals surface area contributed by atoms with E-state index in [1.807, 2.05) is 11.0 Å². The summed E-state index contributed by atoms with van der Waals surface area (Å²) in [5, 5.41) is 3.31. The van der Waals surface area contributed by atoms with Crippen molar-refractivity contribution in [1.82, 2.24) is 10.2 Å². The van der Waals surface area contributed by atoms with Crippen LogP contribution in [0.15, 0.2) is 24.3 Å². The monoisotopic (exact) mass is 292 g/mol. The van der Waals surface area contributed by atoms with Crippen LogP contribution >= 0.6 is 0 Å². The third-order valence-corrected chi connectivity index (χ3v) is 3.97. The van der Waals surface area contributed by atoms with Crippen LogP contribution in [0.4, 0.5) is 4.39 Å². The molecule has 1 N–H and O–H groups in total. The predicted molar refractivity (Wildman–Crippen MR) is 82.6 cm³/mol. The van der Waals surface area contributed by atoms with Crippen LogP contribution in [-0.4, -0.2) is 36.5 Å². The van der Waals surface area contributed by atoms with Crippen molar-refractivity contribution in [2.75, 3.05) is 19.6 Å². The van der Waals surface area contributed by atoms with Crippen LogP contribution in [0.5, 0.6) is 0 Å². The summed E-state index contributed by atoms with van der Waals surface area (Å²) < 4.78 is 13.2. The van der Waals surface area contributed by atoms with Gasteiger partial charge in [-0.1, -0.05) is 25.5 Å². The van der Waals surface area contributed by atoms with E-state index in [4.69, 9.17) is 0 Å². The smallest absolute Gasteiger partial charge is 0.239 e. The van der Waals surface area contributed by atoms with E-state index in [-0.39, 0.29) is 17.8 Å². The summed E-state index contributed by atoms with van der Waals surface area (Å²) in [6, 6.07) is 6.60. The summed E-state index contributed by atoms with van der Waals surface area (Å²) in [4.78, 5) is 14.5. The number of piperidine rings is 1. The highest BCUT2D eigenvalue weighted by Gasteiger charge is 2.24. The fraction of sp³-hybridized carbons (Fsp3) is 0.588. The molecule has 1 atom stereocenters. The molecule has 1 aliphatic rings. The average Bonchev–Trinajstić information content (AvgIpc) is 2.52. The molecule has 21 heavy (non-hydrogen) atoms. The van der Waals surface area contributed by atoms with Gasteiger partial charge in [-0.3, -0.25) is 4.79 Å². The number of nitrogens with one attached hydrogen (secondary N) is 1. The molecule has 3 nitrogen and oxygen atoms in total. The molecule has 0 radical (unpaired) electrons. The summed E-state index contributed by atoms with van der Waals surface area (Å²) in [6.07, 6.45) is 4.85. The molecular weight excluding hydrogens is 267 g/mol. The third kappa shape index (κ3) is 4.81. The molecule has 1 fully saturated rings. The zero-order valence-corrected chi connectivity index (χ0v) is 12.8. The molecule has 2 rings (SSSR count). The van der Waals surface area contributed by atoms with Crippen LogP contribution < -0.4 is 5.32 Å². The highest BCUT2D eigenvalue weighted by atomic mass is 19.1. The van der Waals surface area contributed by atoms with Crippen LogP contribution in [0.2, 0.25) is 0 Å². The molecular formula is C17H25FN2O. The standard InChI is InChI=1S/C17H25FN2O/c1-2-11-20(17(21)16-8-3-4-10-19-16)12-9-14-6-5-7-15(18)13-14/h5-7,13,16,19H,2-4,8-12H2,1H3. The van der Waals surface area contributed by atoms with E-state index in [1.165, 1.54) is 6.07 Å². The third-order valence-electron chi connectivity index (χ3n) is 3.97. The summed E-state index contributed by atoms with van der Waals surface area (Å²) in [5.41, 5.74) is 0.945. The van der Waals surface area contributed by atoms with Gasteiger partial charge in [-0.15, -0.1) is 0 Å². The predicted octanol–water partition coefficient (Wildman–Crippen LogP) is 2.75. The summed E-state index contributed by atoms with van der Waals surface area (Å²) in [6.45, 7) is 4.44. The van der Waals surface area contributed by atoms with Gasteiger partial charge >= 0.3 is 0 Å². The summed E-state index contributed by atoms with van der Waals surface area (Å²) in [5.74, 6) is -0.0113. The van der Waals surface area contributed by atoms with Gasteiger partial charge in [0.05, 0.1) is 6.04 Å². The van der Waals surface area contributed by atoms with Gasteiger partial charge in [0, 0.05) is 13.1 Å². The Hall–Kier alpha value is -1.42. The van der Waals surface area contributed by atoms with Crippen molar-refractivity contribution in [3.8, 4) is 0 Å². The van der Waals surface area contributed by atoms with E-state index in [9.17, 15) is 9.18 Å². The van der Waals surface area contributed by atoms with Crippen molar-refractivity contribution in [1.29, 1.82) is 0 Å². The second kappa shape index (κ2) is 8.13. The first-order valence-electron chi connectivity index (χ1n) is 7.97. The molecule has 0 spiro atoms. The fourth-order valence-electron chi connectivity index (χ4n) is 2.84. The van der Waals surface area contributed by atoms with Gasteiger partial charge in [-0.25, -0.2) is 4.39 Å². The zero-order chi connectivity index (χ0) is 15.1. The quantitative estimate of drug-likeness (QED) is 0.874. The second-order valence-electron chi connectivity index (χ2n) is 5.71. The number of carbonyl (C=O) groups excluding carboxylic acids is 1. The van der Waals surface area contributed by atoms with Crippen LogP contribution in [-0.2, 0) is 11.2 Å². The number of carbonyl (C=O) groups is 1. The molecule has 1 unspecified atom stereocenters. The molecule has 4 heteroatoms. The molecule has 0 bridgehead atoms. The second-order valence-corrected chi connectivity index (χ2v) is 5.71. The molecule has 1 heterocycles. The molecule has 0 saturated carbocycles. The van der Waals surface area contributed by atoms with Gasteiger partial charge in [0.25, 0.3) is 0 Å². The highest BCUT2D eigenvalue weighted by molar-refractivity contribution is 5.82. The highest BCUT2D eigenvalue weighted by Crippen LogP contribution is 2.12. The first-order chi connectivity index (χ1) is 10.2. The van der Waals surface area contributed by atoms with E-state index in [0.717, 1.165) is 44.3 Å². The van der Waals surface area contributed by atoms with Gasteiger partial charge in [0.1, 0.15) is 5.82 Å². The van der Waals surface area contributed by atoms with Crippen LogP contribution in [0.1, 0.15) is 38.2 Å². The number of hydrogen-bond donors (Lipinski definition) is 1. The average molecular weight is 292 g/mol. The Morgan fingerprint density at radius 1 is 1.38 bits per heavy atom. The Morgan fingerprint density at radius 2 is 2.24 bits per heavy atom. The van der Waals surface area contributed by atoms with E-state index >= 15 is 0 Å². The maximum atomic E-state index is 13.2. The summed E-state index contributed by atoms with van der Waals surface area (Å²) in [7, 11) is 0. The molecule has 116 valence electrons. The Balaban J connectivity index is 1.93. The summed E-state index contributed by atoms with van der Waals surface area (Å²) >= 11 is 0. The lowest BCUT2D eigenvalue weighted by Gasteiger charge is -2.30. The number of amides is 1. The molecule has 1 saturated heterocycles. The lowest BCUT2D eigenvalue weighted by atomic mass is 10.0. The maximum absolute atomic E-state index is 13.2. The lowest BCUT2D eigenvalue weighted by Crippen LogP contribution is -2.49. The zero-order valence-electron chi connectivity index (χ0n) is 12.8. The van der Waals surface area contributed by atoms with E-state index < -0.39 is 0 Å². The Bertz CT molecular complexity index is 458. The number of halogens is 1. The van der Waals surface area contributed by atoms with Gasteiger partial charge in [-0.2, -0.15) is 0 Å². The Labute approximate surface area is 126 Å². The van der Waals surface area contributed by atoms with Crippen LogP contribution in [0.25, 0.3) is 0 Å². The molecule has 1 amide bonds. The normalized spacial score (nSPS) is 18.5. The number of rotatable bonds is 6. The van der Waals surface area contributed by atoms with Gasteiger partial charge in [0.2, 0.25) is 5.91 Å². The van der Waals surface area contributed by atoms with E-state index in [0.29, 0.717) is 13.0 Å². The van der Waals surface area contributed by atoms with Gasteiger partial charge < -0.3 is 10.2 Å². The maximum Gasteiger partial charge on any atom is 0.239 e. The molecule has 1 aromatic rings. The van der Waals surface area contributed by atoms with Crippen LogP contribution in [0, 0.1) is 5.82 Å². The molecule has 0 aliphatic carbocycles. The van der Waals surface area contributed by atoms with Crippen molar-refractivity contribution in [2.24, 2.45) is 0 Å². The van der Waals surface area contributed by atoms with E-state index in [2.05, 4.69) is 12.2 Å². The van der Waals surface area contributed by atoms with Gasteiger partial charge in [-0.05, 0) is 49.9 Å². The molecule has 1 aliphatic heterocycles. The van der Waals surface area contributed by atoms with Crippen molar-refractivity contribution in [2.45, 2.75) is 45.1 Å². The van der Waals surface area contributed by atoms with E-state index in [1.54, 1.807) is 12.1 Å². The van der Waals surface area contributed by atoms with Crippen molar-refractivity contribution in [3.05, 3.63) is 35.6 Å². The Morgan fingerprint density at radius 3 is 2.90 bits per heavy atom. The SMILES string of the molecule is CCCN(CCc1cccc(F)c1)C(=O)C1CCCCN1. The minimum Gasteiger partial charge on any atom is -0.341 e. The van der Waals surface area contributed by atoms with Crippen LogP contribution in [0.3, 0.4) is 0 Å². The minimum absolute atomic E-state index is 0.0298.